The molecular formula is C15H16ClN3. The summed E-state index contributed by atoms with van der Waals surface area (Å²) in [6, 6.07) is 10.0. The zero-order valence-corrected chi connectivity index (χ0v) is 12.1. The number of aromatic nitrogens is 2. The van der Waals surface area contributed by atoms with E-state index < -0.39 is 0 Å². The summed E-state index contributed by atoms with van der Waals surface area (Å²) in [5.41, 5.74) is 3.25. The van der Waals surface area contributed by atoms with Gasteiger partial charge in [-0.05, 0) is 30.9 Å². The molecule has 0 spiro atoms. The Balaban J connectivity index is 2.57. The van der Waals surface area contributed by atoms with Crippen LogP contribution in [0.15, 0.2) is 24.3 Å². The number of hydrogen-bond donors (Lipinski definition) is 0. The summed E-state index contributed by atoms with van der Waals surface area (Å²) in [5.74, 6) is 0.434. The molecule has 1 heterocycles. The Labute approximate surface area is 118 Å². The fourth-order valence-corrected chi connectivity index (χ4v) is 2.32. The van der Waals surface area contributed by atoms with Crippen LogP contribution in [0.2, 0.25) is 5.15 Å². The number of rotatable bonds is 3. The Morgan fingerprint density at radius 1 is 1.37 bits per heavy atom. The second-order valence-corrected chi connectivity index (χ2v) is 5.38. The molecule has 0 saturated heterocycles. The molecule has 0 aliphatic heterocycles. The number of aryl methyl sites for hydroxylation is 1. The third-order valence-corrected chi connectivity index (χ3v) is 3.31. The minimum Gasteiger partial charge on any atom is -0.220 e. The van der Waals surface area contributed by atoms with Crippen LogP contribution < -0.4 is 0 Å². The van der Waals surface area contributed by atoms with Crippen molar-refractivity contribution in [1.29, 1.82) is 5.26 Å². The Hall–Kier alpha value is -1.79. The van der Waals surface area contributed by atoms with E-state index in [9.17, 15) is 5.26 Å². The lowest BCUT2D eigenvalue weighted by atomic mass is 10.1. The van der Waals surface area contributed by atoms with Crippen molar-refractivity contribution in [1.82, 2.24) is 9.78 Å². The maximum absolute atomic E-state index is 9.25. The minimum atomic E-state index is 0.396. The second kappa shape index (κ2) is 5.46. The van der Waals surface area contributed by atoms with Gasteiger partial charge in [0.25, 0.3) is 0 Å². The van der Waals surface area contributed by atoms with Crippen LogP contribution in [0.25, 0.3) is 5.69 Å². The van der Waals surface area contributed by atoms with Gasteiger partial charge in [0.05, 0.1) is 11.4 Å². The van der Waals surface area contributed by atoms with Gasteiger partial charge in [-0.1, -0.05) is 43.6 Å². The van der Waals surface area contributed by atoms with Crippen molar-refractivity contribution in [3.63, 3.8) is 0 Å². The van der Waals surface area contributed by atoms with Crippen molar-refractivity contribution >= 4 is 11.6 Å². The van der Waals surface area contributed by atoms with Crippen LogP contribution in [0, 0.1) is 24.2 Å². The normalized spacial score (nSPS) is 10.7. The zero-order chi connectivity index (χ0) is 14.0. The minimum absolute atomic E-state index is 0.396. The highest BCUT2D eigenvalue weighted by atomic mass is 35.5. The first-order valence-corrected chi connectivity index (χ1v) is 6.66. The molecule has 0 N–H and O–H groups in total. The van der Waals surface area contributed by atoms with E-state index in [0.29, 0.717) is 16.6 Å². The first kappa shape index (κ1) is 13.6. The summed E-state index contributed by atoms with van der Waals surface area (Å²) in [6.45, 7) is 6.20. The Morgan fingerprint density at radius 3 is 2.63 bits per heavy atom. The van der Waals surface area contributed by atoms with Crippen LogP contribution in [-0.2, 0) is 6.42 Å². The van der Waals surface area contributed by atoms with Crippen molar-refractivity contribution in [3.8, 4) is 11.8 Å². The van der Waals surface area contributed by atoms with E-state index in [4.69, 9.17) is 11.6 Å². The van der Waals surface area contributed by atoms with Gasteiger partial charge in [0, 0.05) is 0 Å². The summed E-state index contributed by atoms with van der Waals surface area (Å²) < 4.78 is 1.66. The average Bonchev–Trinajstić information content (AvgIpc) is 2.65. The number of benzene rings is 1. The summed E-state index contributed by atoms with van der Waals surface area (Å²) in [6.07, 6.45) is 0.751. The summed E-state index contributed by atoms with van der Waals surface area (Å²) in [5, 5.41) is 14.2. The molecule has 0 bridgehead atoms. The summed E-state index contributed by atoms with van der Waals surface area (Å²) in [4.78, 5) is 0. The molecule has 1 aromatic heterocycles. The summed E-state index contributed by atoms with van der Waals surface area (Å²) in [7, 11) is 0. The van der Waals surface area contributed by atoms with Crippen molar-refractivity contribution in [3.05, 3.63) is 46.2 Å². The van der Waals surface area contributed by atoms with Crippen LogP contribution in [-0.4, -0.2) is 9.78 Å². The van der Waals surface area contributed by atoms with Crippen LogP contribution in [0.1, 0.15) is 30.7 Å². The van der Waals surface area contributed by atoms with Gasteiger partial charge in [-0.2, -0.15) is 10.4 Å². The fourth-order valence-electron chi connectivity index (χ4n) is 2.04. The number of para-hydroxylation sites is 1. The molecule has 3 nitrogen and oxygen atoms in total. The molecule has 1 aromatic carbocycles. The quantitative estimate of drug-likeness (QED) is 0.851. The predicted octanol–water partition coefficient (Wildman–Crippen LogP) is 3.90. The van der Waals surface area contributed by atoms with E-state index in [1.54, 1.807) is 4.68 Å². The zero-order valence-electron chi connectivity index (χ0n) is 11.3. The number of nitrogens with zero attached hydrogens (tertiary/aromatic N) is 3. The van der Waals surface area contributed by atoms with Gasteiger partial charge in [-0.25, -0.2) is 4.68 Å². The van der Waals surface area contributed by atoms with Crippen molar-refractivity contribution in [2.24, 2.45) is 5.92 Å². The molecule has 4 heteroatoms. The largest absolute Gasteiger partial charge is 0.220 e. The first-order valence-electron chi connectivity index (χ1n) is 6.28. The molecule has 0 saturated carbocycles. The van der Waals surface area contributed by atoms with E-state index in [1.165, 1.54) is 0 Å². The Kier molecular flexibility index (Phi) is 3.92. The lowest BCUT2D eigenvalue weighted by molar-refractivity contribution is 0.627. The Morgan fingerprint density at radius 2 is 2.05 bits per heavy atom. The maximum Gasteiger partial charge on any atom is 0.150 e. The van der Waals surface area contributed by atoms with Gasteiger partial charge >= 0.3 is 0 Å². The van der Waals surface area contributed by atoms with Gasteiger partial charge < -0.3 is 0 Å². The van der Waals surface area contributed by atoms with Crippen molar-refractivity contribution in [2.45, 2.75) is 27.2 Å². The molecule has 0 aliphatic rings. The number of halogens is 1. The van der Waals surface area contributed by atoms with E-state index in [2.05, 4.69) is 25.0 Å². The molecular weight excluding hydrogens is 258 g/mol. The van der Waals surface area contributed by atoms with Gasteiger partial charge in [0.1, 0.15) is 11.6 Å². The lowest BCUT2D eigenvalue weighted by Gasteiger charge is -2.06. The molecule has 2 aromatic rings. The monoisotopic (exact) mass is 273 g/mol. The fraction of sp³-hybridized carbons (Fsp3) is 0.333. The van der Waals surface area contributed by atoms with Crippen LogP contribution >= 0.6 is 11.6 Å². The summed E-state index contributed by atoms with van der Waals surface area (Å²) >= 11 is 6.30. The topological polar surface area (TPSA) is 41.6 Å². The van der Waals surface area contributed by atoms with Crippen molar-refractivity contribution < 1.29 is 0 Å². The highest BCUT2D eigenvalue weighted by Crippen LogP contribution is 2.26. The second-order valence-electron chi connectivity index (χ2n) is 5.02. The average molecular weight is 274 g/mol. The molecule has 0 atom stereocenters. The van der Waals surface area contributed by atoms with E-state index >= 15 is 0 Å². The lowest BCUT2D eigenvalue weighted by Crippen LogP contribution is -2.01. The molecule has 0 unspecified atom stereocenters. The maximum atomic E-state index is 9.25. The van der Waals surface area contributed by atoms with E-state index in [1.807, 2.05) is 31.2 Å². The molecule has 0 aliphatic carbocycles. The van der Waals surface area contributed by atoms with Gasteiger partial charge in [0.2, 0.25) is 0 Å². The number of nitriles is 1. The van der Waals surface area contributed by atoms with Crippen LogP contribution in [0.5, 0.6) is 0 Å². The molecule has 0 amide bonds. The highest BCUT2D eigenvalue weighted by molar-refractivity contribution is 6.31. The Bertz CT molecular complexity index is 635. The van der Waals surface area contributed by atoms with Crippen molar-refractivity contribution in [2.75, 3.05) is 0 Å². The standard InChI is InChI=1S/C15H16ClN3/c1-10(2)8-13-12(9-17)15(16)19(18-13)14-7-5-4-6-11(14)3/h4-7,10H,8H2,1-3H3. The van der Waals surface area contributed by atoms with E-state index in [-0.39, 0.29) is 0 Å². The van der Waals surface area contributed by atoms with Gasteiger partial charge in [0.15, 0.2) is 5.15 Å². The van der Waals surface area contributed by atoms with E-state index in [0.717, 1.165) is 23.4 Å². The highest BCUT2D eigenvalue weighted by Gasteiger charge is 2.18. The number of hydrogen-bond acceptors (Lipinski definition) is 2. The molecule has 98 valence electrons. The predicted molar refractivity (Wildman–Crippen MR) is 76.6 cm³/mol. The molecule has 0 radical (unpaired) electrons. The van der Waals surface area contributed by atoms with Gasteiger partial charge in [-0.3, -0.25) is 0 Å². The molecule has 19 heavy (non-hydrogen) atoms. The third-order valence-electron chi connectivity index (χ3n) is 2.96. The third kappa shape index (κ3) is 2.64. The van der Waals surface area contributed by atoms with Crippen LogP contribution in [0.4, 0.5) is 0 Å². The van der Waals surface area contributed by atoms with Crippen LogP contribution in [0.3, 0.4) is 0 Å². The smallest absolute Gasteiger partial charge is 0.150 e. The molecule has 2 rings (SSSR count). The molecule has 0 fully saturated rings. The van der Waals surface area contributed by atoms with Gasteiger partial charge in [-0.15, -0.1) is 0 Å². The first-order chi connectivity index (χ1) is 9.04. The SMILES string of the molecule is Cc1ccccc1-n1nc(CC(C)C)c(C#N)c1Cl.